The molecule has 1 aliphatic rings. The van der Waals surface area contributed by atoms with E-state index in [1.54, 1.807) is 24.3 Å². The van der Waals surface area contributed by atoms with Crippen LogP contribution < -0.4 is 0 Å². The molecular formula is C9H6O5. The number of carbonyl (C=O) groups excluding carboxylic acids is 2. The van der Waals surface area contributed by atoms with Gasteiger partial charge < -0.3 is 0 Å². The van der Waals surface area contributed by atoms with Gasteiger partial charge in [-0.2, -0.15) is 0 Å². The number of fused-ring (bicyclic) bond motifs is 1. The lowest BCUT2D eigenvalue weighted by Gasteiger charge is -2.09. The molecule has 1 aromatic carbocycles. The van der Waals surface area contributed by atoms with Crippen molar-refractivity contribution in [2.45, 2.75) is 6.42 Å². The first-order valence-electron chi connectivity index (χ1n) is 3.93. The molecule has 0 unspecified atom stereocenters. The van der Waals surface area contributed by atoms with E-state index in [4.69, 9.17) is 0 Å². The van der Waals surface area contributed by atoms with Gasteiger partial charge in [0.1, 0.15) is 0 Å². The summed E-state index contributed by atoms with van der Waals surface area (Å²) in [7, 11) is 0. The number of carbonyl (C=O) groups is 2. The maximum Gasteiger partial charge on any atom is 0.377 e. The molecule has 0 bridgehead atoms. The van der Waals surface area contributed by atoms with Crippen LogP contribution >= 0.6 is 0 Å². The summed E-state index contributed by atoms with van der Waals surface area (Å²) in [6.45, 7) is 0. The monoisotopic (exact) mass is 194 g/mol. The summed E-state index contributed by atoms with van der Waals surface area (Å²) >= 11 is 0. The van der Waals surface area contributed by atoms with Crippen LogP contribution in [0.25, 0.3) is 0 Å². The Morgan fingerprint density at radius 2 is 1.86 bits per heavy atom. The van der Waals surface area contributed by atoms with Crippen LogP contribution in [0.5, 0.6) is 0 Å². The quantitative estimate of drug-likeness (QED) is 0.571. The fraction of sp³-hybridized carbons (Fsp3) is 0.111. The molecule has 0 spiro atoms. The Balaban J connectivity index is 2.42. The fourth-order valence-electron chi connectivity index (χ4n) is 1.19. The van der Waals surface area contributed by atoms with E-state index in [0.29, 0.717) is 11.1 Å². The van der Waals surface area contributed by atoms with Crippen molar-refractivity contribution in [3.8, 4) is 0 Å². The third-order valence-electron chi connectivity index (χ3n) is 1.81. The molecule has 0 saturated heterocycles. The van der Waals surface area contributed by atoms with Crippen molar-refractivity contribution in [3.05, 3.63) is 35.4 Å². The van der Waals surface area contributed by atoms with Crippen LogP contribution in [0.2, 0.25) is 0 Å². The highest BCUT2D eigenvalue weighted by Crippen LogP contribution is 2.14. The van der Waals surface area contributed by atoms with E-state index in [0.717, 1.165) is 0 Å². The lowest BCUT2D eigenvalue weighted by Crippen LogP contribution is -2.18. The summed E-state index contributed by atoms with van der Waals surface area (Å²) in [5, 5.41) is 3.96. The van der Waals surface area contributed by atoms with Crippen LogP contribution in [-0.2, 0) is 26.0 Å². The molecule has 0 atom stereocenters. The lowest BCUT2D eigenvalue weighted by atomic mass is 10.1. The predicted octanol–water partition coefficient (Wildman–Crippen LogP) is 0.789. The van der Waals surface area contributed by atoms with Gasteiger partial charge in [0.25, 0.3) is 0 Å². The molecule has 1 aliphatic heterocycles. The maximum absolute atomic E-state index is 11.2. The van der Waals surface area contributed by atoms with Gasteiger partial charge >= 0.3 is 11.9 Å². The highest BCUT2D eigenvalue weighted by Gasteiger charge is 2.20. The minimum absolute atomic E-state index is 0.00866. The summed E-state index contributed by atoms with van der Waals surface area (Å²) in [5.41, 5.74) is 0.870. The van der Waals surface area contributed by atoms with Gasteiger partial charge in [0, 0.05) is 5.04 Å². The summed E-state index contributed by atoms with van der Waals surface area (Å²) < 4.78 is 0. The Morgan fingerprint density at radius 3 is 2.71 bits per heavy atom. The average molecular weight is 194 g/mol. The van der Waals surface area contributed by atoms with Crippen LogP contribution in [-0.4, -0.2) is 11.9 Å². The number of hydrogen-bond donors (Lipinski definition) is 0. The van der Waals surface area contributed by atoms with E-state index in [1.165, 1.54) is 0 Å². The summed E-state index contributed by atoms with van der Waals surface area (Å²) in [4.78, 5) is 30.5. The van der Waals surface area contributed by atoms with Gasteiger partial charge in [-0.25, -0.2) is 9.59 Å². The van der Waals surface area contributed by atoms with E-state index < -0.39 is 11.9 Å². The van der Waals surface area contributed by atoms with Crippen molar-refractivity contribution in [1.29, 1.82) is 0 Å². The van der Waals surface area contributed by atoms with Crippen molar-refractivity contribution in [2.24, 2.45) is 0 Å². The molecule has 0 aromatic heterocycles. The van der Waals surface area contributed by atoms with Gasteiger partial charge in [0.05, 0.1) is 12.0 Å². The molecule has 0 radical (unpaired) electrons. The molecular weight excluding hydrogens is 188 g/mol. The van der Waals surface area contributed by atoms with Gasteiger partial charge in [-0.3, -0.25) is 9.78 Å². The van der Waals surface area contributed by atoms with Crippen molar-refractivity contribution in [3.63, 3.8) is 0 Å². The molecule has 2 rings (SSSR count). The molecule has 0 amide bonds. The first-order chi connectivity index (χ1) is 6.77. The van der Waals surface area contributed by atoms with Gasteiger partial charge in [-0.15, -0.1) is 0 Å². The van der Waals surface area contributed by atoms with E-state index in [1.807, 2.05) is 0 Å². The zero-order valence-electron chi connectivity index (χ0n) is 7.06. The molecule has 14 heavy (non-hydrogen) atoms. The van der Waals surface area contributed by atoms with E-state index in [2.05, 4.69) is 14.8 Å². The van der Waals surface area contributed by atoms with E-state index in [-0.39, 0.29) is 6.42 Å². The first-order valence-corrected chi connectivity index (χ1v) is 3.93. The van der Waals surface area contributed by atoms with E-state index >= 15 is 0 Å². The smallest absolute Gasteiger partial charge is 0.259 e. The summed E-state index contributed by atoms with van der Waals surface area (Å²) in [6, 6.07) is 6.61. The van der Waals surface area contributed by atoms with Crippen LogP contribution in [0.1, 0.15) is 15.9 Å². The third-order valence-corrected chi connectivity index (χ3v) is 1.81. The average Bonchev–Trinajstić information content (AvgIpc) is 2.16. The Kier molecular flexibility index (Phi) is 2.16. The molecule has 0 saturated carbocycles. The van der Waals surface area contributed by atoms with Gasteiger partial charge in [-0.05, 0) is 11.6 Å². The minimum atomic E-state index is -0.673. The molecule has 72 valence electrons. The third kappa shape index (κ3) is 1.57. The molecule has 5 heteroatoms. The Hall–Kier alpha value is -1.88. The molecule has 0 aliphatic carbocycles. The largest absolute Gasteiger partial charge is 0.377 e. The molecule has 1 heterocycles. The first kappa shape index (κ1) is 8.71. The Labute approximate surface area is 79.0 Å². The highest BCUT2D eigenvalue weighted by atomic mass is 17.5. The fourth-order valence-corrected chi connectivity index (χ4v) is 1.19. The summed E-state index contributed by atoms with van der Waals surface area (Å²) in [6.07, 6.45) is -0.00866. The number of benzene rings is 1. The zero-order chi connectivity index (χ0) is 9.97. The van der Waals surface area contributed by atoms with Crippen LogP contribution in [0.3, 0.4) is 0 Å². The normalized spacial score (nSPS) is 16.0. The molecule has 5 nitrogen and oxygen atoms in total. The van der Waals surface area contributed by atoms with Crippen molar-refractivity contribution < 1.29 is 24.4 Å². The van der Waals surface area contributed by atoms with Crippen molar-refractivity contribution in [1.82, 2.24) is 0 Å². The second kappa shape index (κ2) is 3.47. The molecule has 0 N–H and O–H groups in total. The van der Waals surface area contributed by atoms with Crippen LogP contribution in [0.4, 0.5) is 0 Å². The lowest BCUT2D eigenvalue weighted by molar-refractivity contribution is -0.453. The van der Waals surface area contributed by atoms with Gasteiger partial charge in [0.15, 0.2) is 0 Å². The van der Waals surface area contributed by atoms with Crippen molar-refractivity contribution >= 4 is 11.9 Å². The molecule has 1 aromatic rings. The molecule has 0 fully saturated rings. The zero-order valence-corrected chi connectivity index (χ0v) is 7.06. The number of hydrogen-bond acceptors (Lipinski definition) is 5. The summed E-state index contributed by atoms with van der Waals surface area (Å²) in [5.74, 6) is -1.28. The van der Waals surface area contributed by atoms with Gasteiger partial charge in [-0.1, -0.05) is 18.2 Å². The minimum Gasteiger partial charge on any atom is -0.259 e. The topological polar surface area (TPSA) is 61.8 Å². The Bertz CT molecular complexity index is 385. The van der Waals surface area contributed by atoms with Gasteiger partial charge in [0.2, 0.25) is 0 Å². The second-order valence-corrected chi connectivity index (χ2v) is 2.73. The van der Waals surface area contributed by atoms with Crippen LogP contribution in [0.15, 0.2) is 24.3 Å². The maximum atomic E-state index is 11.2. The highest BCUT2D eigenvalue weighted by molar-refractivity contribution is 5.92. The second-order valence-electron chi connectivity index (χ2n) is 2.73. The van der Waals surface area contributed by atoms with Crippen LogP contribution in [0, 0.1) is 0 Å². The number of rotatable bonds is 0. The van der Waals surface area contributed by atoms with E-state index in [9.17, 15) is 9.59 Å². The SMILES string of the molecule is O=C1Cc2ccccc2C(=O)OOO1. The Morgan fingerprint density at radius 1 is 1.07 bits per heavy atom. The van der Waals surface area contributed by atoms with Crippen molar-refractivity contribution in [2.75, 3.05) is 0 Å². The predicted molar refractivity (Wildman–Crippen MR) is 42.7 cm³/mol. The standard InChI is InChI=1S/C9H6O5/c10-8-5-6-3-1-2-4-7(6)9(11)13-14-12-8/h1-4H,5H2.